The van der Waals surface area contributed by atoms with Crippen LogP contribution in [0.4, 0.5) is 22.7 Å². The summed E-state index contributed by atoms with van der Waals surface area (Å²) in [6.07, 6.45) is 0. The molecule has 246 valence electrons. The van der Waals surface area contributed by atoms with Crippen LogP contribution in [0.15, 0.2) is 170 Å². The highest BCUT2D eigenvalue weighted by Gasteiger charge is 2.66. The van der Waals surface area contributed by atoms with E-state index in [1.165, 1.54) is 78.4 Å². The summed E-state index contributed by atoms with van der Waals surface area (Å²) in [6, 6.07) is 62.5. The molecule has 0 fully saturated rings. The highest BCUT2D eigenvalue weighted by Crippen LogP contribution is 2.72. The number of hydrogen-bond acceptors (Lipinski definition) is 3. The van der Waals surface area contributed by atoms with Gasteiger partial charge in [0.1, 0.15) is 0 Å². The lowest BCUT2D eigenvalue weighted by Crippen LogP contribution is -2.58. The third-order valence-electron chi connectivity index (χ3n) is 11.8. The molecule has 1 aliphatic carbocycles. The summed E-state index contributed by atoms with van der Waals surface area (Å²) in [5.74, 6) is 0. The lowest BCUT2D eigenvalue weighted by atomic mass is 9.41. The molecule has 7 aromatic carbocycles. The molecule has 3 aliphatic heterocycles. The molecular weight excluding hydrogens is 621 g/mol. The Balaban J connectivity index is 0.000000498. The van der Waals surface area contributed by atoms with Gasteiger partial charge in [-0.15, -0.1) is 0 Å². The lowest BCUT2D eigenvalue weighted by Gasteiger charge is -2.62. The van der Waals surface area contributed by atoms with Crippen molar-refractivity contribution < 1.29 is 4.74 Å². The number of ether oxygens (including phenoxy) is 1. The first-order valence-corrected chi connectivity index (χ1v) is 17.9. The van der Waals surface area contributed by atoms with Gasteiger partial charge in [0.05, 0.1) is 24.0 Å². The van der Waals surface area contributed by atoms with Crippen LogP contribution >= 0.6 is 0 Å². The highest BCUT2D eigenvalue weighted by molar-refractivity contribution is 5.97. The lowest BCUT2D eigenvalue weighted by molar-refractivity contribution is 0.110. The van der Waals surface area contributed by atoms with E-state index < -0.39 is 10.8 Å². The van der Waals surface area contributed by atoms with Gasteiger partial charge < -0.3 is 14.5 Å². The smallest absolute Gasteiger partial charge is 0.0727 e. The Labute approximate surface area is 300 Å². The van der Waals surface area contributed by atoms with Crippen molar-refractivity contribution in [2.24, 2.45) is 0 Å². The molecule has 11 rings (SSSR count). The van der Waals surface area contributed by atoms with E-state index in [4.69, 9.17) is 4.74 Å². The molecule has 0 saturated heterocycles. The topological polar surface area (TPSA) is 15.7 Å². The van der Waals surface area contributed by atoms with Crippen LogP contribution in [0.2, 0.25) is 0 Å². The number of nitrogens with zero attached hydrogens (tertiary/aromatic N) is 2. The van der Waals surface area contributed by atoms with Crippen molar-refractivity contribution in [3.05, 3.63) is 214 Å². The van der Waals surface area contributed by atoms with Gasteiger partial charge in [-0.1, -0.05) is 146 Å². The summed E-state index contributed by atoms with van der Waals surface area (Å²) in [4.78, 5) is 4.79. The van der Waals surface area contributed by atoms with E-state index in [1.807, 2.05) is 36.4 Å². The zero-order chi connectivity index (χ0) is 34.2. The second-order valence-electron chi connectivity index (χ2n) is 14.0. The summed E-state index contributed by atoms with van der Waals surface area (Å²) in [6.45, 7) is 1.19. The first-order chi connectivity index (χ1) is 25.2. The third kappa shape index (κ3) is 3.82. The van der Waals surface area contributed by atoms with Crippen LogP contribution < -0.4 is 9.80 Å². The quantitative estimate of drug-likeness (QED) is 0.161. The van der Waals surface area contributed by atoms with Crippen LogP contribution in [0.1, 0.15) is 44.5 Å². The molecule has 0 radical (unpaired) electrons. The third-order valence-corrected chi connectivity index (χ3v) is 11.8. The predicted octanol–water partition coefficient (Wildman–Crippen LogP) is 10.9. The fourth-order valence-electron chi connectivity index (χ4n) is 9.99. The molecule has 0 bridgehead atoms. The minimum atomic E-state index is -0.596. The molecule has 4 aliphatic rings. The Bertz CT molecular complexity index is 2190. The fourth-order valence-corrected chi connectivity index (χ4v) is 9.99. The molecule has 0 atom stereocenters. The maximum Gasteiger partial charge on any atom is 0.0727 e. The Hall–Kier alpha value is -5.90. The minimum Gasteiger partial charge on any atom is -0.372 e. The molecule has 7 aromatic rings. The Morgan fingerprint density at radius 2 is 0.647 bits per heavy atom. The number of hydrogen-bond donors (Lipinski definition) is 0. The molecule has 2 spiro atoms. The fraction of sp³-hybridized carbons (Fsp3) is 0.125. The van der Waals surface area contributed by atoms with Gasteiger partial charge in [-0.2, -0.15) is 0 Å². The van der Waals surface area contributed by atoms with Crippen molar-refractivity contribution in [3.8, 4) is 11.1 Å². The van der Waals surface area contributed by atoms with Crippen molar-refractivity contribution in [3.63, 3.8) is 0 Å². The van der Waals surface area contributed by atoms with Crippen molar-refractivity contribution in [2.75, 3.05) is 23.9 Å². The van der Waals surface area contributed by atoms with Crippen LogP contribution in [0.3, 0.4) is 0 Å². The molecule has 0 aromatic heterocycles. The summed E-state index contributed by atoms with van der Waals surface area (Å²) in [5.41, 5.74) is 17.0. The van der Waals surface area contributed by atoms with Crippen LogP contribution in [0.25, 0.3) is 11.1 Å². The summed E-state index contributed by atoms with van der Waals surface area (Å²) >= 11 is 0. The number of para-hydroxylation sites is 4. The zero-order valence-corrected chi connectivity index (χ0v) is 28.9. The van der Waals surface area contributed by atoms with E-state index >= 15 is 0 Å². The minimum absolute atomic E-state index is 0.596. The number of fused-ring (bicyclic) bond motifs is 11. The van der Waals surface area contributed by atoms with E-state index in [-0.39, 0.29) is 0 Å². The second kappa shape index (κ2) is 11.3. The average Bonchev–Trinajstić information content (AvgIpc) is 3.40. The molecule has 3 heteroatoms. The Kier molecular flexibility index (Phi) is 6.65. The van der Waals surface area contributed by atoms with E-state index in [2.05, 4.69) is 157 Å². The molecule has 3 nitrogen and oxygen atoms in total. The maximum atomic E-state index is 6.43. The van der Waals surface area contributed by atoms with Gasteiger partial charge in [0, 0.05) is 36.8 Å². The molecule has 0 amide bonds. The van der Waals surface area contributed by atoms with Gasteiger partial charge in [-0.25, -0.2) is 0 Å². The SMILES string of the molecule is CN1c2ccccc2C2(c3ccccc31)c1cccc3c1-c1c(cccc1C21c2ccccc2N(C)c2ccccc21)COC3.c1ccccc1. The predicted molar refractivity (Wildman–Crippen MR) is 208 cm³/mol. The van der Waals surface area contributed by atoms with Gasteiger partial charge in [0.15, 0.2) is 0 Å². The van der Waals surface area contributed by atoms with Gasteiger partial charge in [-0.05, 0) is 79.9 Å². The van der Waals surface area contributed by atoms with Crippen LogP contribution in [0.5, 0.6) is 0 Å². The van der Waals surface area contributed by atoms with E-state index in [1.54, 1.807) is 0 Å². The monoisotopic (exact) mass is 658 g/mol. The van der Waals surface area contributed by atoms with Crippen molar-refractivity contribution in [1.82, 2.24) is 0 Å². The Morgan fingerprint density at radius 3 is 0.980 bits per heavy atom. The van der Waals surface area contributed by atoms with Crippen molar-refractivity contribution in [1.29, 1.82) is 0 Å². The van der Waals surface area contributed by atoms with Crippen LogP contribution in [-0.4, -0.2) is 14.1 Å². The molecule has 0 N–H and O–H groups in total. The maximum absolute atomic E-state index is 6.43. The zero-order valence-electron chi connectivity index (χ0n) is 28.9. The molecular formula is C48H38N2O. The van der Waals surface area contributed by atoms with Gasteiger partial charge in [-0.3, -0.25) is 0 Å². The van der Waals surface area contributed by atoms with Gasteiger partial charge >= 0.3 is 0 Å². The largest absolute Gasteiger partial charge is 0.372 e. The second-order valence-corrected chi connectivity index (χ2v) is 14.0. The normalized spacial score (nSPS) is 16.0. The molecule has 0 unspecified atom stereocenters. The number of anilines is 4. The van der Waals surface area contributed by atoms with E-state index in [0.717, 1.165) is 0 Å². The molecule has 51 heavy (non-hydrogen) atoms. The summed E-state index contributed by atoms with van der Waals surface area (Å²) in [7, 11) is 4.45. The molecule has 3 heterocycles. The average molecular weight is 659 g/mol. The van der Waals surface area contributed by atoms with E-state index in [0.29, 0.717) is 13.2 Å². The first-order valence-electron chi connectivity index (χ1n) is 17.9. The first kappa shape index (κ1) is 30.0. The standard InChI is InChI=1S/C42H32N2O.C6H6/c1-43-35-21-7-3-15-29(35)41(30-16-4-8-22-36(30)43)33-19-11-13-27-25-45-26-28-14-12-20-34(40(28)39(27)33)42(41)31-17-5-9-23-37(31)44(2)38-24-10-6-18-32(38)42;1-2-4-6-5-3-1/h3-24H,25-26H2,1-2H3;1-6H. The number of benzene rings is 7. The number of rotatable bonds is 0. The van der Waals surface area contributed by atoms with Crippen LogP contribution in [-0.2, 0) is 28.8 Å². The summed E-state index contributed by atoms with van der Waals surface area (Å²) in [5, 5.41) is 0. The molecule has 0 saturated carbocycles. The van der Waals surface area contributed by atoms with Crippen LogP contribution in [0, 0.1) is 0 Å². The Morgan fingerprint density at radius 1 is 0.353 bits per heavy atom. The highest BCUT2D eigenvalue weighted by atomic mass is 16.5. The van der Waals surface area contributed by atoms with E-state index in [9.17, 15) is 0 Å². The van der Waals surface area contributed by atoms with Crippen molar-refractivity contribution in [2.45, 2.75) is 24.0 Å². The van der Waals surface area contributed by atoms with Gasteiger partial charge in [0.25, 0.3) is 0 Å². The van der Waals surface area contributed by atoms with Gasteiger partial charge in [0.2, 0.25) is 0 Å². The van der Waals surface area contributed by atoms with Crippen molar-refractivity contribution >= 4 is 22.7 Å². The summed E-state index contributed by atoms with van der Waals surface area (Å²) < 4.78 is 6.43.